The Morgan fingerprint density at radius 1 is 0.909 bits per heavy atom. The second kappa shape index (κ2) is 9.25. The van der Waals surface area contributed by atoms with Crippen molar-refractivity contribution < 1.29 is 14.3 Å². The van der Waals surface area contributed by atoms with Gasteiger partial charge in [0, 0.05) is 44.6 Å². The number of benzene rings is 1. The maximum absolute atomic E-state index is 12.0. The van der Waals surface area contributed by atoms with Crippen molar-refractivity contribution in [2.75, 3.05) is 36.0 Å². The number of anilines is 2. The predicted molar refractivity (Wildman–Crippen MR) is 124 cm³/mol. The van der Waals surface area contributed by atoms with Gasteiger partial charge in [-0.1, -0.05) is 18.2 Å². The number of rotatable bonds is 5. The molecule has 33 heavy (non-hydrogen) atoms. The smallest absolute Gasteiger partial charge is 0.290 e. The number of imide groups is 1. The van der Waals surface area contributed by atoms with Gasteiger partial charge in [0.15, 0.2) is 0 Å². The van der Waals surface area contributed by atoms with Gasteiger partial charge in [0.25, 0.3) is 11.1 Å². The SMILES string of the molecule is O=C1NC(=O)/C(=C/c2cc(Oc3ccccc3)nc(N3CCN(c4ncccn4)CC3)n2)S1. The van der Waals surface area contributed by atoms with Crippen LogP contribution in [0.1, 0.15) is 5.69 Å². The van der Waals surface area contributed by atoms with E-state index in [2.05, 4.69) is 30.2 Å². The van der Waals surface area contributed by atoms with E-state index in [4.69, 9.17) is 4.74 Å². The van der Waals surface area contributed by atoms with Crippen molar-refractivity contribution in [3.8, 4) is 11.6 Å². The molecule has 0 aliphatic carbocycles. The Labute approximate surface area is 193 Å². The molecule has 5 rings (SSSR count). The fourth-order valence-electron chi connectivity index (χ4n) is 3.42. The Hall–Kier alpha value is -3.99. The molecule has 2 aliphatic heterocycles. The largest absolute Gasteiger partial charge is 0.439 e. The van der Waals surface area contributed by atoms with Crippen molar-refractivity contribution in [3.05, 3.63) is 65.5 Å². The summed E-state index contributed by atoms with van der Waals surface area (Å²) in [6, 6.07) is 12.7. The molecule has 0 atom stereocenters. The van der Waals surface area contributed by atoms with Gasteiger partial charge in [-0.25, -0.2) is 15.0 Å². The number of aromatic nitrogens is 4. The molecule has 2 saturated heterocycles. The summed E-state index contributed by atoms with van der Waals surface area (Å²) in [7, 11) is 0. The first-order valence-corrected chi connectivity index (χ1v) is 11.1. The summed E-state index contributed by atoms with van der Waals surface area (Å²) in [6.45, 7) is 2.74. The highest BCUT2D eigenvalue weighted by atomic mass is 32.2. The minimum absolute atomic E-state index is 0.279. The van der Waals surface area contributed by atoms with Gasteiger partial charge in [0.05, 0.1) is 10.6 Å². The van der Waals surface area contributed by atoms with Crippen LogP contribution in [0.5, 0.6) is 11.6 Å². The van der Waals surface area contributed by atoms with Gasteiger partial charge in [-0.05, 0) is 36.0 Å². The van der Waals surface area contributed by atoms with Crippen LogP contribution in [0.2, 0.25) is 0 Å². The van der Waals surface area contributed by atoms with Crippen LogP contribution in [0.3, 0.4) is 0 Å². The number of para-hydroxylation sites is 1. The Kier molecular flexibility index (Phi) is 5.85. The van der Waals surface area contributed by atoms with E-state index < -0.39 is 11.1 Å². The first kappa shape index (κ1) is 20.9. The average molecular weight is 462 g/mol. The lowest BCUT2D eigenvalue weighted by molar-refractivity contribution is -0.115. The summed E-state index contributed by atoms with van der Waals surface area (Å²) < 4.78 is 5.94. The lowest BCUT2D eigenvalue weighted by Gasteiger charge is -2.34. The Balaban J connectivity index is 1.41. The van der Waals surface area contributed by atoms with Crippen LogP contribution < -0.4 is 19.9 Å². The van der Waals surface area contributed by atoms with Crippen molar-refractivity contribution >= 4 is 40.9 Å². The molecule has 0 saturated carbocycles. The number of hydrogen-bond acceptors (Lipinski definition) is 10. The molecular formula is C22H19N7O3S. The third-order valence-corrected chi connectivity index (χ3v) is 5.81. The summed E-state index contributed by atoms with van der Waals surface area (Å²) >= 11 is 0.844. The van der Waals surface area contributed by atoms with E-state index in [0.29, 0.717) is 55.4 Å². The number of amides is 2. The van der Waals surface area contributed by atoms with Crippen molar-refractivity contribution in [1.82, 2.24) is 25.3 Å². The maximum atomic E-state index is 12.0. The third kappa shape index (κ3) is 4.93. The first-order chi connectivity index (χ1) is 16.1. The third-order valence-electron chi connectivity index (χ3n) is 4.99. The summed E-state index contributed by atoms with van der Waals surface area (Å²) in [5.41, 5.74) is 0.479. The molecule has 2 aliphatic rings. The van der Waals surface area contributed by atoms with E-state index in [1.807, 2.05) is 35.2 Å². The Morgan fingerprint density at radius 2 is 1.61 bits per heavy atom. The lowest BCUT2D eigenvalue weighted by atomic mass is 10.3. The molecular weight excluding hydrogens is 442 g/mol. The van der Waals surface area contributed by atoms with Gasteiger partial charge < -0.3 is 14.5 Å². The quantitative estimate of drug-likeness (QED) is 0.569. The van der Waals surface area contributed by atoms with Crippen LogP contribution in [0.4, 0.5) is 16.7 Å². The topological polar surface area (TPSA) is 113 Å². The Bertz CT molecular complexity index is 1200. The molecule has 0 unspecified atom stereocenters. The number of carbonyl (C=O) groups excluding carboxylic acids is 2. The average Bonchev–Trinajstić information content (AvgIpc) is 3.16. The predicted octanol–water partition coefficient (Wildman–Crippen LogP) is 2.71. The molecule has 1 N–H and O–H groups in total. The number of nitrogens with zero attached hydrogens (tertiary/aromatic N) is 6. The highest BCUT2D eigenvalue weighted by Gasteiger charge is 2.26. The van der Waals surface area contributed by atoms with Crippen molar-refractivity contribution in [1.29, 1.82) is 0 Å². The second-order valence-corrected chi connectivity index (χ2v) is 8.24. The summed E-state index contributed by atoms with van der Waals surface area (Å²) in [5, 5.41) is 1.85. The van der Waals surface area contributed by atoms with Crippen molar-refractivity contribution in [2.45, 2.75) is 0 Å². The van der Waals surface area contributed by atoms with Crippen LogP contribution in [0.15, 0.2) is 59.8 Å². The molecule has 1 aromatic carbocycles. The van der Waals surface area contributed by atoms with Gasteiger partial charge in [-0.3, -0.25) is 14.9 Å². The number of piperazine rings is 1. The molecule has 10 nitrogen and oxygen atoms in total. The van der Waals surface area contributed by atoms with Crippen LogP contribution in [0.25, 0.3) is 6.08 Å². The molecule has 3 aromatic rings. The zero-order valence-corrected chi connectivity index (χ0v) is 18.2. The lowest BCUT2D eigenvalue weighted by Crippen LogP contribution is -2.47. The molecule has 0 bridgehead atoms. The number of thioether (sulfide) groups is 1. The highest BCUT2D eigenvalue weighted by Crippen LogP contribution is 2.28. The minimum atomic E-state index is -0.438. The first-order valence-electron chi connectivity index (χ1n) is 10.3. The molecule has 0 radical (unpaired) electrons. The fourth-order valence-corrected chi connectivity index (χ4v) is 4.09. The minimum Gasteiger partial charge on any atom is -0.439 e. The molecule has 166 valence electrons. The van der Waals surface area contributed by atoms with Crippen LogP contribution in [-0.2, 0) is 4.79 Å². The van der Waals surface area contributed by atoms with Gasteiger partial charge in [0.1, 0.15) is 5.75 Å². The molecule has 2 fully saturated rings. The molecule has 2 amide bonds. The van der Waals surface area contributed by atoms with Crippen molar-refractivity contribution in [2.24, 2.45) is 0 Å². The van der Waals surface area contributed by atoms with Gasteiger partial charge >= 0.3 is 0 Å². The van der Waals surface area contributed by atoms with Gasteiger partial charge in [-0.15, -0.1) is 0 Å². The van der Waals surface area contributed by atoms with E-state index in [9.17, 15) is 9.59 Å². The van der Waals surface area contributed by atoms with E-state index in [-0.39, 0.29) is 4.91 Å². The second-order valence-electron chi connectivity index (χ2n) is 7.22. The number of ether oxygens (including phenoxy) is 1. The normalized spacial score (nSPS) is 17.4. The maximum Gasteiger partial charge on any atom is 0.290 e. The van der Waals surface area contributed by atoms with Crippen LogP contribution in [-0.4, -0.2) is 57.3 Å². The monoisotopic (exact) mass is 461 g/mol. The Morgan fingerprint density at radius 3 is 2.27 bits per heavy atom. The molecule has 0 spiro atoms. The fraction of sp³-hybridized carbons (Fsp3) is 0.182. The summed E-state index contributed by atoms with van der Waals surface area (Å²) in [6.07, 6.45) is 5.02. The van der Waals surface area contributed by atoms with Gasteiger partial charge in [-0.2, -0.15) is 4.98 Å². The molecule has 2 aromatic heterocycles. The highest BCUT2D eigenvalue weighted by molar-refractivity contribution is 8.18. The van der Waals surface area contributed by atoms with E-state index in [1.54, 1.807) is 30.6 Å². The van der Waals surface area contributed by atoms with Crippen LogP contribution >= 0.6 is 11.8 Å². The summed E-state index contributed by atoms with van der Waals surface area (Å²) in [4.78, 5) is 45.8. The molecule has 4 heterocycles. The van der Waals surface area contributed by atoms with E-state index >= 15 is 0 Å². The van der Waals surface area contributed by atoms with E-state index in [1.165, 1.54) is 0 Å². The zero-order valence-electron chi connectivity index (χ0n) is 17.4. The number of nitrogens with one attached hydrogen (secondary N) is 1. The van der Waals surface area contributed by atoms with E-state index in [0.717, 1.165) is 11.8 Å². The van der Waals surface area contributed by atoms with Crippen molar-refractivity contribution in [3.63, 3.8) is 0 Å². The van der Waals surface area contributed by atoms with Gasteiger partial charge in [0.2, 0.25) is 17.8 Å². The molecule has 11 heteroatoms. The van der Waals surface area contributed by atoms with Crippen LogP contribution in [0, 0.1) is 0 Å². The number of carbonyl (C=O) groups is 2. The summed E-state index contributed by atoms with van der Waals surface area (Å²) in [5.74, 6) is 1.72. The standard InChI is InChI=1S/C22H19N7O3S/c30-19-17(33-22(31)27-19)13-15-14-18(32-16-5-2-1-3-6-16)26-21(25-15)29-11-9-28(10-12-29)20-23-7-4-8-24-20/h1-8,13-14H,9-12H2,(H,27,30,31)/b17-13-. The number of hydrogen-bond donors (Lipinski definition) is 1. The zero-order chi connectivity index (χ0) is 22.6.